The van der Waals surface area contributed by atoms with Crippen molar-refractivity contribution >= 4 is 29.0 Å². The summed E-state index contributed by atoms with van der Waals surface area (Å²) < 4.78 is 5.74. The minimum atomic E-state index is -0.160. The van der Waals surface area contributed by atoms with E-state index in [1.807, 2.05) is 75.5 Å². The number of ketones is 1. The maximum Gasteiger partial charge on any atom is 0.265 e. The number of halogens is 1. The molecule has 5 nitrogen and oxygen atoms in total. The zero-order chi connectivity index (χ0) is 29.3. The molecule has 0 N–H and O–H groups in total. The highest BCUT2D eigenvalue weighted by Crippen LogP contribution is 2.28. The van der Waals surface area contributed by atoms with Crippen molar-refractivity contribution in [3.05, 3.63) is 118 Å². The Morgan fingerprint density at radius 1 is 0.925 bits per heavy atom. The molecule has 210 valence electrons. The van der Waals surface area contributed by atoms with Gasteiger partial charge in [-0.3, -0.25) is 9.59 Å². The van der Waals surface area contributed by atoms with Gasteiger partial charge in [-0.25, -0.2) is 0 Å². The molecule has 1 aliphatic rings. The molecule has 0 atom stereocenters. The molecule has 0 bridgehead atoms. The van der Waals surface area contributed by atoms with Crippen molar-refractivity contribution in [2.75, 3.05) is 25.1 Å². The van der Waals surface area contributed by atoms with Crippen molar-refractivity contribution in [1.82, 2.24) is 4.90 Å². The Kier molecular flexibility index (Phi) is 10.7. The minimum absolute atomic E-state index is 0.0344. The molecule has 0 spiro atoms. The molecule has 1 aliphatic heterocycles. The number of ether oxygens (including phenoxy) is 1. The summed E-state index contributed by atoms with van der Waals surface area (Å²) in [5.41, 5.74) is 4.67. The van der Waals surface area contributed by atoms with Crippen LogP contribution in [0.3, 0.4) is 0 Å². The van der Waals surface area contributed by atoms with Crippen molar-refractivity contribution in [2.24, 2.45) is 0 Å². The van der Waals surface area contributed by atoms with Crippen LogP contribution in [0.4, 0.5) is 5.69 Å². The van der Waals surface area contributed by atoms with Crippen molar-refractivity contribution in [3.8, 4) is 5.75 Å². The van der Waals surface area contributed by atoms with Gasteiger partial charge in [0.2, 0.25) is 0 Å². The number of carbonyl (C=O) groups is 2. The van der Waals surface area contributed by atoms with Gasteiger partial charge < -0.3 is 14.5 Å². The van der Waals surface area contributed by atoms with E-state index in [-0.39, 0.29) is 23.7 Å². The summed E-state index contributed by atoms with van der Waals surface area (Å²) in [5.74, 6) is 0.356. The SMILES string of the molecule is CC.CN1Cc2ccccc2N(C(=O)COc2ccc(Cl)cc2)C/C1=C/C=C/C(=O)c1ccc(C(C)(C)C)cc1. The van der Waals surface area contributed by atoms with E-state index in [0.717, 1.165) is 16.9 Å². The standard InChI is InChI=1S/C32H33ClN2O3.C2H6/c1-32(2,3)25-14-12-23(13-15-25)30(36)11-7-9-27-21-35(29-10-6-5-8-24(29)20-34(27)4)31(37)22-38-28-18-16-26(33)17-19-28;1-2/h5-19H,20-22H2,1-4H3;1-2H3/b11-7+,27-9-;. The number of rotatable bonds is 6. The van der Waals surface area contributed by atoms with E-state index >= 15 is 0 Å². The molecule has 1 heterocycles. The first-order valence-corrected chi connectivity index (χ1v) is 14.0. The maximum atomic E-state index is 13.3. The van der Waals surface area contributed by atoms with Crippen LogP contribution in [0.5, 0.6) is 5.75 Å². The Bertz CT molecular complexity index is 1350. The Hall–Kier alpha value is -3.83. The van der Waals surface area contributed by atoms with Crippen LogP contribution in [0.25, 0.3) is 0 Å². The summed E-state index contributed by atoms with van der Waals surface area (Å²) in [6.07, 6.45) is 5.23. The minimum Gasteiger partial charge on any atom is -0.484 e. The zero-order valence-electron chi connectivity index (χ0n) is 24.3. The molecule has 0 fully saturated rings. The molecule has 0 unspecified atom stereocenters. The van der Waals surface area contributed by atoms with E-state index in [0.29, 0.717) is 29.4 Å². The number of anilines is 1. The predicted molar refractivity (Wildman–Crippen MR) is 165 cm³/mol. The average molecular weight is 559 g/mol. The number of hydrogen-bond donors (Lipinski definition) is 0. The first kappa shape index (κ1) is 30.7. The number of allylic oxidation sites excluding steroid dienone is 3. The molecule has 0 aromatic heterocycles. The van der Waals surface area contributed by atoms with Crippen LogP contribution in [0.1, 0.15) is 56.1 Å². The molecule has 1 amide bonds. The van der Waals surface area contributed by atoms with E-state index in [1.165, 1.54) is 5.56 Å². The van der Waals surface area contributed by atoms with Crippen molar-refractivity contribution in [2.45, 2.75) is 46.6 Å². The summed E-state index contributed by atoms with van der Waals surface area (Å²) >= 11 is 5.95. The highest BCUT2D eigenvalue weighted by molar-refractivity contribution is 6.30. The molecule has 4 rings (SSSR count). The second kappa shape index (κ2) is 14.0. The normalized spacial score (nSPS) is 14.3. The second-order valence-corrected chi connectivity index (χ2v) is 10.9. The van der Waals surface area contributed by atoms with Gasteiger partial charge in [-0.1, -0.05) is 94.8 Å². The molecule has 0 radical (unpaired) electrons. The van der Waals surface area contributed by atoms with Crippen LogP contribution >= 0.6 is 11.6 Å². The molecule has 0 aliphatic carbocycles. The number of carbonyl (C=O) groups excluding carboxylic acids is 2. The number of nitrogens with zero attached hydrogens (tertiary/aromatic N) is 2. The summed E-state index contributed by atoms with van der Waals surface area (Å²) in [6.45, 7) is 11.3. The topological polar surface area (TPSA) is 49.9 Å². The van der Waals surface area contributed by atoms with Crippen molar-refractivity contribution in [1.29, 1.82) is 0 Å². The molecular formula is C34H39ClN2O3. The smallest absolute Gasteiger partial charge is 0.265 e. The molecule has 3 aromatic rings. The third kappa shape index (κ3) is 8.09. The Labute approximate surface area is 243 Å². The highest BCUT2D eigenvalue weighted by Gasteiger charge is 2.25. The Morgan fingerprint density at radius 3 is 2.23 bits per heavy atom. The molecule has 6 heteroatoms. The van der Waals surface area contributed by atoms with Gasteiger partial charge in [0.05, 0.1) is 6.54 Å². The van der Waals surface area contributed by atoms with Crippen LogP contribution < -0.4 is 9.64 Å². The molecule has 0 saturated heterocycles. The van der Waals surface area contributed by atoms with E-state index in [9.17, 15) is 9.59 Å². The monoisotopic (exact) mass is 558 g/mol. The summed E-state index contributed by atoms with van der Waals surface area (Å²) in [6, 6.07) is 22.6. The van der Waals surface area contributed by atoms with Crippen LogP contribution in [0, 0.1) is 0 Å². The third-order valence-corrected chi connectivity index (χ3v) is 6.80. The zero-order valence-corrected chi connectivity index (χ0v) is 25.0. The average Bonchev–Trinajstić information content (AvgIpc) is 3.09. The van der Waals surface area contributed by atoms with Crippen LogP contribution in [0.15, 0.2) is 96.7 Å². The highest BCUT2D eigenvalue weighted by atomic mass is 35.5. The van der Waals surface area contributed by atoms with Crippen LogP contribution in [-0.4, -0.2) is 36.8 Å². The second-order valence-electron chi connectivity index (χ2n) is 10.4. The van der Waals surface area contributed by atoms with E-state index in [4.69, 9.17) is 16.3 Å². The Balaban J connectivity index is 0.00000216. The van der Waals surface area contributed by atoms with Gasteiger partial charge in [0, 0.05) is 35.6 Å². The van der Waals surface area contributed by atoms with Crippen molar-refractivity contribution in [3.63, 3.8) is 0 Å². The molecule has 0 saturated carbocycles. The van der Waals surface area contributed by atoms with Crippen LogP contribution in [0.2, 0.25) is 5.02 Å². The lowest BCUT2D eigenvalue weighted by atomic mass is 9.86. The van der Waals surface area contributed by atoms with Gasteiger partial charge in [0.1, 0.15) is 5.75 Å². The van der Waals surface area contributed by atoms with E-state index in [2.05, 4.69) is 25.7 Å². The number of fused-ring (bicyclic) bond motifs is 1. The van der Waals surface area contributed by atoms with E-state index < -0.39 is 0 Å². The number of likely N-dealkylation sites (N-methyl/N-ethyl adjacent to an activating group) is 1. The van der Waals surface area contributed by atoms with Crippen molar-refractivity contribution < 1.29 is 14.3 Å². The molecule has 40 heavy (non-hydrogen) atoms. The first-order chi connectivity index (χ1) is 19.1. The lowest BCUT2D eigenvalue weighted by Crippen LogP contribution is -2.37. The summed E-state index contributed by atoms with van der Waals surface area (Å²) in [7, 11) is 1.99. The van der Waals surface area contributed by atoms with Gasteiger partial charge in [-0.2, -0.15) is 0 Å². The first-order valence-electron chi connectivity index (χ1n) is 13.6. The fourth-order valence-corrected chi connectivity index (χ4v) is 4.39. The Morgan fingerprint density at radius 2 is 1.57 bits per heavy atom. The maximum absolute atomic E-state index is 13.3. The number of hydrogen-bond acceptors (Lipinski definition) is 4. The summed E-state index contributed by atoms with van der Waals surface area (Å²) in [4.78, 5) is 29.9. The quantitative estimate of drug-likeness (QED) is 0.228. The lowest BCUT2D eigenvalue weighted by Gasteiger charge is -2.24. The van der Waals surface area contributed by atoms with Gasteiger partial charge in [-0.05, 0) is 59.0 Å². The number of benzene rings is 3. The largest absolute Gasteiger partial charge is 0.484 e. The summed E-state index contributed by atoms with van der Waals surface area (Å²) in [5, 5.41) is 0.608. The van der Waals surface area contributed by atoms with Gasteiger partial charge in [-0.15, -0.1) is 0 Å². The molecule has 3 aromatic carbocycles. The number of amides is 1. The van der Waals surface area contributed by atoms with E-state index in [1.54, 1.807) is 41.3 Å². The van der Waals surface area contributed by atoms with Crippen LogP contribution in [-0.2, 0) is 16.8 Å². The predicted octanol–water partition coefficient (Wildman–Crippen LogP) is 7.84. The molecular weight excluding hydrogens is 520 g/mol. The number of para-hydroxylation sites is 1. The fourth-order valence-electron chi connectivity index (χ4n) is 4.27. The van der Waals surface area contributed by atoms with Gasteiger partial charge >= 0.3 is 0 Å². The lowest BCUT2D eigenvalue weighted by molar-refractivity contribution is -0.120. The third-order valence-electron chi connectivity index (χ3n) is 6.55. The van der Waals surface area contributed by atoms with Gasteiger partial charge in [0.15, 0.2) is 12.4 Å². The van der Waals surface area contributed by atoms with Gasteiger partial charge in [0.25, 0.3) is 5.91 Å². The fraction of sp³-hybridized carbons (Fsp3) is 0.294.